The molecule has 6 aromatic carbocycles. The molecule has 5 fully saturated rings. The van der Waals surface area contributed by atoms with Crippen LogP contribution in [0.15, 0.2) is 134 Å². The van der Waals surface area contributed by atoms with Crippen LogP contribution in [0, 0.1) is 92.5 Å². The van der Waals surface area contributed by atoms with Gasteiger partial charge in [0.1, 0.15) is 88.1 Å². The molecule has 29 heteroatoms. The number of carbonyl (C=O) groups excluding carboxylic acids is 3. The molecule has 13 rings (SSSR count). The Labute approximate surface area is 704 Å². The summed E-state index contributed by atoms with van der Waals surface area (Å²) in [7, 11) is 0. The van der Waals surface area contributed by atoms with E-state index in [1.165, 1.54) is 105 Å². The van der Waals surface area contributed by atoms with Crippen molar-refractivity contribution >= 4 is 49.5 Å². The van der Waals surface area contributed by atoms with E-state index in [0.29, 0.717) is 89.1 Å². The van der Waals surface area contributed by atoms with Crippen molar-refractivity contribution in [3.05, 3.63) is 260 Å². The third-order valence-corrected chi connectivity index (χ3v) is 23.2. The van der Waals surface area contributed by atoms with Gasteiger partial charge in [0, 0.05) is 101 Å². The molecule has 2 aromatic heterocycles. The molecule has 0 spiro atoms. The Hall–Kier alpha value is -8.97. The maximum Gasteiger partial charge on any atom is 0.341 e. The highest BCUT2D eigenvalue weighted by Gasteiger charge is 2.42. The molecule has 1 amide bonds. The van der Waals surface area contributed by atoms with Gasteiger partial charge in [-0.2, -0.15) is 10.5 Å². The number of unbranched alkanes of at least 4 members (excludes halogenated alkanes) is 2. The summed E-state index contributed by atoms with van der Waals surface area (Å²) < 4.78 is 164. The number of carbonyl (C=O) groups is 3. The zero-order chi connectivity index (χ0) is 87.2. The summed E-state index contributed by atoms with van der Waals surface area (Å²) in [6.45, 7) is 1.43. The number of esters is 1. The summed E-state index contributed by atoms with van der Waals surface area (Å²) in [4.78, 5) is 51.9. The number of ether oxygens (including phenoxy) is 1. The highest BCUT2D eigenvalue weighted by atomic mass is 79.9. The van der Waals surface area contributed by atoms with E-state index in [1.807, 2.05) is 0 Å². The molecular weight excluding hydrogens is 1690 g/mol. The van der Waals surface area contributed by atoms with Gasteiger partial charge in [-0.05, 0) is 190 Å². The summed E-state index contributed by atoms with van der Waals surface area (Å²) in [6.07, 6.45) is 33.3. The number of aromatic nitrogens is 4. The van der Waals surface area contributed by atoms with Crippen LogP contribution in [0.4, 0.5) is 52.7 Å². The normalized spacial score (nSPS) is 16.3. The van der Waals surface area contributed by atoms with Crippen LogP contribution in [0.5, 0.6) is 0 Å². The van der Waals surface area contributed by atoms with Gasteiger partial charge >= 0.3 is 5.97 Å². The maximum absolute atomic E-state index is 13.8. The van der Waals surface area contributed by atoms with Crippen molar-refractivity contribution < 1.29 is 87.4 Å². The quantitative estimate of drug-likeness (QED) is 0.00958. The number of ketones is 1. The first-order valence-corrected chi connectivity index (χ1v) is 42.1. The smallest absolute Gasteiger partial charge is 0.341 e. The van der Waals surface area contributed by atoms with E-state index in [1.54, 1.807) is 13.0 Å². The highest BCUT2D eigenvalue weighted by molar-refractivity contribution is 9.09. The van der Waals surface area contributed by atoms with Crippen LogP contribution in [0.25, 0.3) is 0 Å². The molecule has 7 N–H and O–H groups in total. The third-order valence-electron chi connectivity index (χ3n) is 22.0. The molecule has 15 nitrogen and oxygen atoms in total. The molecule has 119 heavy (non-hydrogen) atoms. The number of halogens is 14. The van der Waals surface area contributed by atoms with E-state index in [0.717, 1.165) is 194 Å². The molecule has 0 bridgehead atoms. The highest BCUT2D eigenvalue weighted by Crippen LogP contribution is 2.46. The molecule has 5 saturated carbocycles. The van der Waals surface area contributed by atoms with E-state index >= 15 is 0 Å². The monoisotopic (exact) mass is 1790 g/mol. The zero-order valence-electron chi connectivity index (χ0n) is 66.6. The van der Waals surface area contributed by atoms with Crippen LogP contribution < -0.4 is 11.5 Å². The molecule has 2 heterocycles. The van der Waals surface area contributed by atoms with Gasteiger partial charge in [-0.3, -0.25) is 20.1 Å². The zero-order valence-corrected chi connectivity index (χ0v) is 69.7. The number of amides is 1. The second-order valence-electron chi connectivity index (χ2n) is 30.4. The van der Waals surface area contributed by atoms with Crippen LogP contribution in [-0.4, -0.2) is 77.1 Å². The number of rotatable bonds is 19. The van der Waals surface area contributed by atoms with Gasteiger partial charge in [-0.1, -0.05) is 135 Å². The Morgan fingerprint density at radius 2 is 0.739 bits per heavy atom. The van der Waals surface area contributed by atoms with E-state index < -0.39 is 116 Å². The van der Waals surface area contributed by atoms with E-state index in [-0.39, 0.29) is 24.0 Å². The van der Waals surface area contributed by atoms with Crippen molar-refractivity contribution in [3.63, 3.8) is 0 Å². The molecule has 642 valence electrons. The van der Waals surface area contributed by atoms with Crippen LogP contribution in [0.1, 0.15) is 252 Å². The number of aliphatic hydroxyl groups excluding tert-OH is 1. The summed E-state index contributed by atoms with van der Waals surface area (Å²) >= 11 is 6.73. The topological polar surface area (TPSA) is 272 Å². The van der Waals surface area contributed by atoms with E-state index in [9.17, 15) is 72.3 Å². The van der Waals surface area contributed by atoms with Crippen LogP contribution in [0.2, 0.25) is 0 Å². The van der Waals surface area contributed by atoms with Crippen LogP contribution >= 0.6 is 31.9 Å². The van der Waals surface area contributed by atoms with Gasteiger partial charge in [-0.15, -0.1) is 0 Å². The molecule has 0 radical (unpaired) electrons. The molecule has 0 aliphatic heterocycles. The number of alkyl halides is 2. The van der Waals surface area contributed by atoms with Gasteiger partial charge in [0.05, 0.1) is 47.1 Å². The van der Waals surface area contributed by atoms with E-state index in [4.69, 9.17) is 37.1 Å². The fourth-order valence-corrected chi connectivity index (χ4v) is 16.8. The second kappa shape index (κ2) is 49.7. The number of nitriles is 2. The second-order valence-corrected chi connectivity index (χ2v) is 32.0. The molecule has 0 atom stereocenters. The predicted molar refractivity (Wildman–Crippen MR) is 436 cm³/mol. The van der Waals surface area contributed by atoms with Crippen LogP contribution in [-0.2, 0) is 56.0 Å². The Balaban J connectivity index is 0.000000221. The standard InChI is InChI=1S/C20H22F2N2O2.C19H20F2N2O2.C13H15F2NO.C13H13F2N.C12H15F2N.C8H5F2N.C5H10Br2.H2O2/c1-2-26-19(25)14-12-23-18(24-13-14)11-20(6-4-3-5-7-20)15-8-16(21)10-17(22)9-15;20-15-6-14(7-16(21)8-15)19(4-2-1-3-5-19)9-18-22-10-13(11-23-18)17(25)12-24;14-10-6-9(7-11(15)8-10)13(12(16)17)4-2-1-3-5-13;14-11-6-10(7-12(15)8-11)13(9-16)4-2-1-3-5-13;13-10-6-9(7-11(14)8-10)12(15)4-2-1-3-5-12;9-7-3-6(1-2-11)4-8(10)5-7;6-4-2-1-3-5-7;1-2/h8-10,12-13H,2-7,11H2,1H3;6-8,10-11,24H,1-5,9,12H2;6-8H,1-5H2,(H2,16,17);6-8H,1-5H2;6-8H,1-5,15H2;3-5H,1H2;1-5H2;1-2H. The first-order chi connectivity index (χ1) is 57.0. The minimum atomic E-state index is -0.888. The van der Waals surface area contributed by atoms with Gasteiger partial charge in [0.25, 0.3) is 0 Å². The van der Waals surface area contributed by atoms with Crippen molar-refractivity contribution in [3.8, 4) is 12.1 Å². The van der Waals surface area contributed by atoms with Crippen molar-refractivity contribution in [2.45, 2.75) is 233 Å². The molecule has 0 unspecified atom stereocenters. The van der Waals surface area contributed by atoms with Crippen molar-refractivity contribution in [1.82, 2.24) is 19.9 Å². The Morgan fingerprint density at radius 3 is 1.07 bits per heavy atom. The summed E-state index contributed by atoms with van der Waals surface area (Å²) in [5.74, 6) is -7.48. The average molecular weight is 1800 g/mol. The lowest BCUT2D eigenvalue weighted by Gasteiger charge is -2.37. The number of primary amides is 1. The van der Waals surface area contributed by atoms with E-state index in [2.05, 4.69) is 57.9 Å². The Morgan fingerprint density at radius 1 is 0.429 bits per heavy atom. The lowest BCUT2D eigenvalue weighted by Crippen LogP contribution is -2.42. The number of hydrogen-bond acceptors (Lipinski definition) is 14. The number of Topliss-reactive ketones (excluding diaryl/α,β-unsaturated/α-hetero) is 1. The van der Waals surface area contributed by atoms with Crippen molar-refractivity contribution in [2.24, 2.45) is 11.5 Å². The lowest BCUT2D eigenvalue weighted by molar-refractivity contribution is -0.176. The van der Waals surface area contributed by atoms with Crippen molar-refractivity contribution in [1.29, 1.82) is 10.5 Å². The SMILES string of the molecule is BrCCCCCBr.CCOC(=O)c1cnc(CC2(c3cc(F)cc(F)c3)CCCCC2)nc1.N#CC1(c2cc(F)cc(F)c2)CCCCC1.N#CCc1cc(F)cc(F)c1.NC(=O)C1(c2cc(F)cc(F)c2)CCCCC1.NC1(c2cc(F)cc(F)c2)CCCCC1.O=C(CO)c1cnc(CC2(c3cc(F)cc(F)c3)CCCCC2)nc1.OO. The fourth-order valence-electron chi connectivity index (χ4n) is 16.0. The van der Waals surface area contributed by atoms with Crippen LogP contribution in [0.3, 0.4) is 0 Å². The molecule has 0 saturated heterocycles. The molecule has 5 aliphatic carbocycles. The number of aliphatic hydroxyl groups is 1. The third kappa shape index (κ3) is 30.6. The largest absolute Gasteiger partial charge is 0.462 e. The lowest BCUT2D eigenvalue weighted by atomic mass is 9.67. The number of benzene rings is 6. The number of nitrogens with zero attached hydrogens (tertiary/aromatic N) is 6. The van der Waals surface area contributed by atoms with Gasteiger partial charge in [-0.25, -0.2) is 77.4 Å². The van der Waals surface area contributed by atoms with Gasteiger partial charge in [0.2, 0.25) is 5.91 Å². The number of hydrogen-bond donors (Lipinski definition) is 5. The first kappa shape index (κ1) is 98.9. The van der Waals surface area contributed by atoms with Gasteiger partial charge < -0.3 is 21.3 Å². The minimum Gasteiger partial charge on any atom is -0.462 e. The summed E-state index contributed by atoms with van der Waals surface area (Å²) in [5, 5.41) is 40.7. The van der Waals surface area contributed by atoms with Crippen molar-refractivity contribution in [2.75, 3.05) is 23.9 Å². The fraction of sp³-hybridized carbons (Fsp3) is 0.456. The Kier molecular flexibility index (Phi) is 41.3. The summed E-state index contributed by atoms with van der Waals surface area (Å²) in [5.41, 5.74) is 12.4. The predicted octanol–water partition coefficient (Wildman–Crippen LogP) is 22.2. The minimum absolute atomic E-state index is 0.0364. The molecule has 5 aliphatic rings. The molecular formula is C90H102Br2F12N8O7. The van der Waals surface area contributed by atoms with Gasteiger partial charge in [0.15, 0.2) is 5.78 Å². The summed E-state index contributed by atoms with van der Waals surface area (Å²) in [6, 6.07) is 24.8. The Bertz CT molecular complexity index is 4480. The number of nitrogens with two attached hydrogens (primary N) is 2. The maximum atomic E-state index is 13.8. The molecule has 8 aromatic rings. The average Bonchev–Trinajstić information content (AvgIpc) is 0.792. The first-order valence-electron chi connectivity index (χ1n) is 39.9.